The highest BCUT2D eigenvalue weighted by Crippen LogP contribution is 2.66. The lowest BCUT2D eigenvalue weighted by molar-refractivity contribution is 0.112. The van der Waals surface area contributed by atoms with Gasteiger partial charge in [0.15, 0.2) is 0 Å². The molecular weight excluding hydrogens is 295 g/mol. The lowest BCUT2D eigenvalue weighted by atomic mass is 10.3. The van der Waals surface area contributed by atoms with Crippen molar-refractivity contribution in [1.29, 1.82) is 0 Å². The summed E-state index contributed by atoms with van der Waals surface area (Å²) in [5.41, 5.74) is 0.478. The van der Waals surface area contributed by atoms with Crippen LogP contribution in [-0.2, 0) is 13.6 Å². The molecule has 0 unspecified atom stereocenters. The first-order valence-corrected chi connectivity index (χ1v) is 8.07. The maximum Gasteiger partial charge on any atom is 0.412 e. The van der Waals surface area contributed by atoms with Gasteiger partial charge < -0.3 is 13.8 Å². The molecule has 0 saturated carbocycles. The van der Waals surface area contributed by atoms with Gasteiger partial charge in [-0.15, -0.1) is 0 Å². The van der Waals surface area contributed by atoms with Gasteiger partial charge in [0.25, 0.3) is 0 Å². The Labute approximate surface area is 115 Å². The number of hydrogen-bond donors (Lipinski definition) is 1. The molecule has 19 heavy (non-hydrogen) atoms. The van der Waals surface area contributed by atoms with Crippen LogP contribution in [0.25, 0.3) is 0 Å². The van der Waals surface area contributed by atoms with Crippen LogP contribution < -0.4 is 4.72 Å². The molecule has 0 amide bonds. The third-order valence-electron chi connectivity index (χ3n) is 1.98. The summed E-state index contributed by atoms with van der Waals surface area (Å²) in [6.07, 6.45) is 0. The van der Waals surface area contributed by atoms with E-state index in [1.54, 1.807) is 30.3 Å². The highest BCUT2D eigenvalue weighted by Gasteiger charge is 2.54. The summed E-state index contributed by atoms with van der Waals surface area (Å²) in [5.74, 6) is 0. The molecule has 0 bridgehead atoms. The molecule has 0 aliphatic rings. The molecule has 0 aliphatic carbocycles. The van der Waals surface area contributed by atoms with Crippen LogP contribution in [0.2, 0.25) is 0 Å². The van der Waals surface area contributed by atoms with Crippen LogP contribution in [0.5, 0.6) is 0 Å². The molecule has 0 heterocycles. The molecule has 0 fully saturated rings. The van der Waals surface area contributed by atoms with Crippen LogP contribution in [-0.4, -0.2) is 18.2 Å². The Kier molecular flexibility index (Phi) is 6.26. The van der Waals surface area contributed by atoms with Gasteiger partial charge in [0, 0.05) is 17.6 Å². The van der Waals surface area contributed by atoms with Crippen LogP contribution in [0.1, 0.15) is 13.8 Å². The van der Waals surface area contributed by atoms with Crippen molar-refractivity contribution in [3.05, 3.63) is 30.3 Å². The van der Waals surface area contributed by atoms with E-state index in [0.29, 0.717) is 5.69 Å². The number of halogens is 2. The van der Waals surface area contributed by atoms with E-state index in [1.165, 1.54) is 13.8 Å². The Morgan fingerprint density at radius 1 is 1.21 bits per heavy atom. The van der Waals surface area contributed by atoms with E-state index in [9.17, 15) is 13.3 Å². The molecule has 1 aromatic carbocycles. The SMILES string of the molecule is CCOP(=O)(OCC)C(F)(F)SNc1ccccc1. The summed E-state index contributed by atoms with van der Waals surface area (Å²) >= 11 is 0.0222. The minimum absolute atomic E-state index is 0.0222. The van der Waals surface area contributed by atoms with Gasteiger partial charge in [-0.3, -0.25) is 4.57 Å². The lowest BCUT2D eigenvalue weighted by Gasteiger charge is -2.24. The van der Waals surface area contributed by atoms with Crippen LogP contribution in [0, 0.1) is 0 Å². The van der Waals surface area contributed by atoms with Crippen LogP contribution >= 0.6 is 19.5 Å². The summed E-state index contributed by atoms with van der Waals surface area (Å²) < 4.78 is 51.6. The maximum atomic E-state index is 13.9. The fourth-order valence-electron chi connectivity index (χ4n) is 1.21. The smallest absolute Gasteiger partial charge is 0.324 e. The van der Waals surface area contributed by atoms with Gasteiger partial charge in [0.2, 0.25) is 0 Å². The van der Waals surface area contributed by atoms with Crippen molar-refractivity contribution in [3.63, 3.8) is 0 Å². The van der Waals surface area contributed by atoms with Crippen LogP contribution in [0.3, 0.4) is 0 Å². The number of benzene rings is 1. The zero-order valence-corrected chi connectivity index (χ0v) is 12.3. The first-order chi connectivity index (χ1) is 8.95. The summed E-state index contributed by atoms with van der Waals surface area (Å²) in [5, 5.41) is 0. The molecule has 1 aromatic rings. The molecule has 1 rings (SSSR count). The Balaban J connectivity index is 2.74. The molecule has 4 nitrogen and oxygen atoms in total. The second kappa shape index (κ2) is 7.24. The van der Waals surface area contributed by atoms with Crippen molar-refractivity contribution in [2.24, 2.45) is 0 Å². The van der Waals surface area contributed by atoms with Crippen molar-refractivity contribution >= 4 is 25.2 Å². The molecule has 0 aromatic heterocycles. The fraction of sp³-hybridized carbons (Fsp3) is 0.455. The summed E-state index contributed by atoms with van der Waals surface area (Å²) in [6.45, 7) is 2.74. The van der Waals surface area contributed by atoms with Crippen molar-refractivity contribution in [3.8, 4) is 0 Å². The third-order valence-corrected chi connectivity index (χ3v) is 5.34. The van der Waals surface area contributed by atoms with E-state index < -0.39 is 12.6 Å². The minimum atomic E-state index is -4.49. The number of alkyl halides is 2. The molecule has 0 atom stereocenters. The number of para-hydroxylation sites is 1. The van der Waals surface area contributed by atoms with Crippen LogP contribution in [0.4, 0.5) is 14.5 Å². The quantitative estimate of drug-likeness (QED) is 0.563. The number of rotatable bonds is 8. The topological polar surface area (TPSA) is 47.6 Å². The fourth-order valence-corrected chi connectivity index (χ4v) is 3.54. The van der Waals surface area contributed by atoms with Gasteiger partial charge in [0.05, 0.1) is 13.2 Å². The monoisotopic (exact) mass is 311 g/mol. The summed E-state index contributed by atoms with van der Waals surface area (Å²) in [4.78, 5) is -3.67. The van der Waals surface area contributed by atoms with Crippen molar-refractivity contribution < 1.29 is 22.4 Å². The molecule has 0 aliphatic heterocycles. The van der Waals surface area contributed by atoms with Gasteiger partial charge in [-0.25, -0.2) is 0 Å². The van der Waals surface area contributed by atoms with E-state index >= 15 is 0 Å². The van der Waals surface area contributed by atoms with E-state index in [2.05, 4.69) is 13.8 Å². The number of anilines is 1. The predicted octanol–water partition coefficient (Wildman–Crippen LogP) is 4.56. The van der Waals surface area contributed by atoms with Gasteiger partial charge in [-0.05, 0) is 26.0 Å². The zero-order valence-electron chi connectivity index (χ0n) is 10.6. The second-order valence-electron chi connectivity index (χ2n) is 3.39. The minimum Gasteiger partial charge on any atom is -0.324 e. The number of nitrogens with one attached hydrogen (secondary N) is 1. The molecule has 108 valence electrons. The molecule has 0 saturated heterocycles. The average Bonchev–Trinajstić information content (AvgIpc) is 2.38. The Morgan fingerprint density at radius 3 is 2.21 bits per heavy atom. The average molecular weight is 311 g/mol. The van der Waals surface area contributed by atoms with Crippen molar-refractivity contribution in [2.75, 3.05) is 17.9 Å². The zero-order chi connectivity index (χ0) is 14.4. The molecule has 0 radical (unpaired) electrons. The second-order valence-corrected chi connectivity index (χ2v) is 6.69. The van der Waals surface area contributed by atoms with Gasteiger partial charge in [0.1, 0.15) is 0 Å². The summed E-state index contributed by atoms with van der Waals surface area (Å²) in [6, 6.07) is 8.40. The summed E-state index contributed by atoms with van der Waals surface area (Å²) in [7, 11) is -4.49. The lowest BCUT2D eigenvalue weighted by Crippen LogP contribution is -2.18. The van der Waals surface area contributed by atoms with E-state index in [4.69, 9.17) is 0 Å². The van der Waals surface area contributed by atoms with Gasteiger partial charge in [-0.1, -0.05) is 18.2 Å². The Hall–Kier alpha value is -0.620. The normalized spacial score (nSPS) is 12.4. The highest BCUT2D eigenvalue weighted by atomic mass is 32.2. The standard InChI is InChI=1S/C11H16F2NO3PS/c1-3-16-18(15,17-4-2)11(12,13)19-14-10-8-6-5-7-9-10/h5-9,14H,3-4H2,1-2H3. The Morgan fingerprint density at radius 2 is 1.74 bits per heavy atom. The van der Waals surface area contributed by atoms with Crippen molar-refractivity contribution in [2.45, 2.75) is 18.8 Å². The maximum absolute atomic E-state index is 13.9. The Bertz CT molecular complexity index is 423. The van der Waals surface area contributed by atoms with E-state index in [1.807, 2.05) is 0 Å². The predicted molar refractivity (Wildman–Crippen MR) is 73.5 cm³/mol. The molecule has 0 spiro atoms. The molecule has 1 N–H and O–H groups in total. The highest BCUT2D eigenvalue weighted by molar-refractivity contribution is 8.07. The molecular formula is C11H16F2NO3PS. The van der Waals surface area contributed by atoms with Gasteiger partial charge in [-0.2, -0.15) is 8.78 Å². The largest absolute Gasteiger partial charge is 0.412 e. The number of hydrogen-bond acceptors (Lipinski definition) is 5. The van der Waals surface area contributed by atoms with Crippen LogP contribution in [0.15, 0.2) is 30.3 Å². The third kappa shape index (κ3) is 4.45. The molecule has 8 heteroatoms. The van der Waals surface area contributed by atoms with E-state index in [0.717, 1.165) is 0 Å². The van der Waals surface area contributed by atoms with Crippen molar-refractivity contribution in [1.82, 2.24) is 0 Å². The first kappa shape index (κ1) is 16.4. The van der Waals surface area contributed by atoms with Gasteiger partial charge >= 0.3 is 12.6 Å². The van der Waals surface area contributed by atoms with E-state index in [-0.39, 0.29) is 25.2 Å². The first-order valence-electron chi connectivity index (χ1n) is 5.71.